The van der Waals surface area contributed by atoms with Crippen LogP contribution in [0.5, 0.6) is 0 Å². The van der Waals surface area contributed by atoms with Crippen molar-refractivity contribution in [1.29, 1.82) is 0 Å². The molecule has 2 aliphatic carbocycles. The third kappa shape index (κ3) is 5.07. The van der Waals surface area contributed by atoms with Crippen LogP contribution in [-0.4, -0.2) is 78.9 Å². The fourth-order valence-electron chi connectivity index (χ4n) is 6.38. The molecule has 1 aromatic rings. The molecule has 1 aromatic carbocycles. The van der Waals surface area contributed by atoms with Crippen molar-refractivity contribution < 1.29 is 32.2 Å². The molecule has 6 nitrogen and oxygen atoms in total. The second kappa shape index (κ2) is 9.39. The van der Waals surface area contributed by atoms with Gasteiger partial charge in [0.05, 0.1) is 31.3 Å². The molecule has 2 aliphatic heterocycles. The number of likely N-dealkylation sites (tertiary alicyclic amines) is 1. The molecule has 0 bridgehead atoms. The summed E-state index contributed by atoms with van der Waals surface area (Å²) < 4.78 is 51.6. The molecule has 1 amide bonds. The quantitative estimate of drug-likeness (QED) is 0.564. The minimum absolute atomic E-state index is 0.0133. The Morgan fingerprint density at radius 3 is 2.46 bits per heavy atom. The van der Waals surface area contributed by atoms with Gasteiger partial charge in [0.1, 0.15) is 0 Å². The summed E-state index contributed by atoms with van der Waals surface area (Å²) in [5, 5.41) is 0. The van der Waals surface area contributed by atoms with Gasteiger partial charge in [0.2, 0.25) is 0 Å². The lowest BCUT2D eigenvalue weighted by molar-refractivity contribution is -0.188. The molecule has 2 saturated heterocycles. The predicted molar refractivity (Wildman–Crippen MR) is 121 cm³/mol. The van der Waals surface area contributed by atoms with Crippen molar-refractivity contribution in [2.24, 2.45) is 11.8 Å². The lowest BCUT2D eigenvalue weighted by Crippen LogP contribution is -2.50. The van der Waals surface area contributed by atoms with Gasteiger partial charge in [-0.15, -0.1) is 0 Å². The number of amides is 1. The van der Waals surface area contributed by atoms with E-state index in [-0.39, 0.29) is 24.4 Å². The van der Waals surface area contributed by atoms with E-state index in [2.05, 4.69) is 4.90 Å². The van der Waals surface area contributed by atoms with E-state index in [4.69, 9.17) is 9.47 Å². The number of hydrogen-bond donors (Lipinski definition) is 0. The van der Waals surface area contributed by atoms with E-state index in [1.54, 1.807) is 0 Å². The van der Waals surface area contributed by atoms with Gasteiger partial charge in [-0.05, 0) is 50.0 Å². The first-order chi connectivity index (χ1) is 16.7. The van der Waals surface area contributed by atoms with Crippen molar-refractivity contribution >= 4 is 11.9 Å². The third-order valence-electron chi connectivity index (χ3n) is 8.46. The van der Waals surface area contributed by atoms with Crippen LogP contribution in [0, 0.1) is 11.8 Å². The Hall–Kier alpha value is -2.13. The highest BCUT2D eigenvalue weighted by molar-refractivity contribution is 5.83. The molecule has 0 radical (unpaired) electrons. The molecule has 4 fully saturated rings. The highest BCUT2D eigenvalue weighted by Gasteiger charge is 2.57. The van der Waals surface area contributed by atoms with E-state index in [0.717, 1.165) is 55.8 Å². The predicted octanol–water partition coefficient (Wildman–Crippen LogP) is 3.76. The number of alkyl halides is 3. The van der Waals surface area contributed by atoms with Crippen LogP contribution < -0.4 is 0 Å². The van der Waals surface area contributed by atoms with Gasteiger partial charge in [-0.1, -0.05) is 30.3 Å². The van der Waals surface area contributed by atoms with Crippen molar-refractivity contribution in [3.8, 4) is 0 Å². The van der Waals surface area contributed by atoms with E-state index in [0.29, 0.717) is 18.8 Å². The lowest BCUT2D eigenvalue weighted by atomic mass is 9.74. The summed E-state index contributed by atoms with van der Waals surface area (Å²) in [6.45, 7) is 2.71. The summed E-state index contributed by atoms with van der Waals surface area (Å²) in [5.41, 5.74) is 0.515. The lowest BCUT2D eigenvalue weighted by Gasteiger charge is -2.42. The van der Waals surface area contributed by atoms with E-state index in [1.165, 1.54) is 7.11 Å². The summed E-state index contributed by atoms with van der Waals surface area (Å²) >= 11 is 0. The zero-order valence-corrected chi connectivity index (χ0v) is 20.0. The van der Waals surface area contributed by atoms with Crippen LogP contribution in [0.2, 0.25) is 0 Å². The molecule has 0 N–H and O–H groups in total. The molecule has 2 heterocycles. The summed E-state index contributed by atoms with van der Waals surface area (Å²) in [5.74, 6) is -1.44. The summed E-state index contributed by atoms with van der Waals surface area (Å²) in [6.07, 6.45) is -0.689. The molecule has 9 heteroatoms. The first-order valence-corrected chi connectivity index (χ1v) is 12.6. The SMILES string of the molecule is COC(=O)C1CC(CN2CCC3(CC2)CC(N(C(=O)C(F)(F)F)[C@@H]2C[C@H]2c2ccccc2)CO3)C1. The number of ether oxygens (including phenoxy) is 2. The Morgan fingerprint density at radius 2 is 1.83 bits per heavy atom. The Morgan fingerprint density at radius 1 is 1.14 bits per heavy atom. The van der Waals surface area contributed by atoms with Crippen LogP contribution in [0.1, 0.15) is 50.0 Å². The van der Waals surface area contributed by atoms with Crippen LogP contribution >= 0.6 is 0 Å². The summed E-state index contributed by atoms with van der Waals surface area (Å²) in [6, 6.07) is 8.47. The normalized spacial score (nSPS) is 32.2. The van der Waals surface area contributed by atoms with Crippen LogP contribution in [0.4, 0.5) is 13.2 Å². The van der Waals surface area contributed by atoms with Crippen molar-refractivity contribution in [2.75, 3.05) is 33.4 Å². The van der Waals surface area contributed by atoms with Gasteiger partial charge in [-0.25, -0.2) is 0 Å². The molecule has 3 atom stereocenters. The van der Waals surface area contributed by atoms with Gasteiger partial charge in [0.25, 0.3) is 0 Å². The molecule has 2 saturated carbocycles. The first kappa shape index (κ1) is 24.6. The summed E-state index contributed by atoms with van der Waals surface area (Å²) in [4.78, 5) is 27.6. The van der Waals surface area contributed by atoms with Gasteiger partial charge in [-0.2, -0.15) is 13.2 Å². The van der Waals surface area contributed by atoms with Crippen molar-refractivity contribution in [3.63, 3.8) is 0 Å². The standard InChI is InChI=1S/C26H33F3N2O4/c1-34-23(32)19-11-17(12-19)15-30-9-7-25(8-10-30)14-20(16-35-25)31(24(33)26(27,28)29)22-13-21(22)18-5-3-2-4-6-18/h2-6,17,19-22H,7-16H2,1H3/t17?,19?,20?,21-,22+/m0/s1. The molecule has 1 spiro atoms. The number of carbonyl (C=O) groups is 2. The van der Waals surface area contributed by atoms with Gasteiger partial charge in [0.15, 0.2) is 0 Å². The van der Waals surface area contributed by atoms with Gasteiger partial charge in [0, 0.05) is 31.6 Å². The van der Waals surface area contributed by atoms with Crippen molar-refractivity contribution in [3.05, 3.63) is 35.9 Å². The number of esters is 1. The average Bonchev–Trinajstić information content (AvgIpc) is 3.50. The smallest absolute Gasteiger partial charge is 0.469 e. The Bertz CT molecular complexity index is 926. The second-order valence-electron chi connectivity index (χ2n) is 10.7. The molecular formula is C26H33F3N2O4. The van der Waals surface area contributed by atoms with Crippen molar-refractivity contribution in [2.45, 2.75) is 68.3 Å². The summed E-state index contributed by atoms with van der Waals surface area (Å²) in [7, 11) is 1.42. The number of piperidine rings is 1. The monoisotopic (exact) mass is 494 g/mol. The number of methoxy groups -OCH3 is 1. The fraction of sp³-hybridized carbons (Fsp3) is 0.692. The zero-order chi connectivity index (χ0) is 24.8. The largest absolute Gasteiger partial charge is 0.471 e. The fourth-order valence-corrected chi connectivity index (χ4v) is 6.38. The van der Waals surface area contributed by atoms with E-state index in [9.17, 15) is 22.8 Å². The maximum atomic E-state index is 13.5. The zero-order valence-electron chi connectivity index (χ0n) is 20.0. The topological polar surface area (TPSA) is 59.1 Å². The van der Waals surface area contributed by atoms with Crippen LogP contribution in [0.25, 0.3) is 0 Å². The van der Waals surface area contributed by atoms with Gasteiger partial charge >= 0.3 is 18.1 Å². The molecule has 5 rings (SSSR count). The van der Waals surface area contributed by atoms with E-state index in [1.807, 2.05) is 30.3 Å². The van der Waals surface area contributed by atoms with E-state index < -0.39 is 29.8 Å². The maximum absolute atomic E-state index is 13.5. The third-order valence-corrected chi connectivity index (χ3v) is 8.46. The van der Waals surface area contributed by atoms with Crippen molar-refractivity contribution in [1.82, 2.24) is 9.80 Å². The van der Waals surface area contributed by atoms with Crippen LogP contribution in [0.3, 0.4) is 0 Å². The highest BCUT2D eigenvalue weighted by Crippen LogP contribution is 2.49. The molecule has 192 valence electrons. The maximum Gasteiger partial charge on any atom is 0.471 e. The average molecular weight is 495 g/mol. The molecule has 35 heavy (non-hydrogen) atoms. The molecule has 0 aromatic heterocycles. The van der Waals surface area contributed by atoms with Gasteiger partial charge < -0.3 is 19.3 Å². The minimum Gasteiger partial charge on any atom is -0.469 e. The number of halogens is 3. The number of carbonyl (C=O) groups excluding carboxylic acids is 2. The van der Waals surface area contributed by atoms with Gasteiger partial charge in [-0.3, -0.25) is 9.59 Å². The second-order valence-corrected chi connectivity index (χ2v) is 10.7. The number of benzene rings is 1. The molecular weight excluding hydrogens is 461 g/mol. The Balaban J connectivity index is 1.18. The van der Waals surface area contributed by atoms with Crippen LogP contribution in [0.15, 0.2) is 30.3 Å². The molecule has 4 aliphatic rings. The highest BCUT2D eigenvalue weighted by atomic mass is 19.4. The minimum atomic E-state index is -4.90. The number of nitrogens with zero attached hydrogens (tertiary/aromatic N) is 2. The Kier molecular flexibility index (Phi) is 6.59. The van der Waals surface area contributed by atoms with Crippen LogP contribution in [-0.2, 0) is 19.1 Å². The number of hydrogen-bond acceptors (Lipinski definition) is 5. The molecule has 1 unspecified atom stereocenters. The first-order valence-electron chi connectivity index (χ1n) is 12.6. The number of rotatable bonds is 6. The Labute approximate surface area is 203 Å². The van der Waals surface area contributed by atoms with E-state index >= 15 is 0 Å².